The van der Waals surface area contributed by atoms with Gasteiger partial charge in [0.25, 0.3) is 0 Å². The summed E-state index contributed by atoms with van der Waals surface area (Å²) in [5.41, 5.74) is 5.36. The molecular weight excluding hydrogens is 144 g/mol. The minimum absolute atomic E-state index is 0.0440. The highest BCUT2D eigenvalue weighted by molar-refractivity contribution is 5.33. The molecule has 0 aliphatic carbocycles. The van der Waals surface area contributed by atoms with Gasteiger partial charge in [0, 0.05) is 25.0 Å². The Morgan fingerprint density at radius 2 is 2.36 bits per heavy atom. The van der Waals surface area contributed by atoms with E-state index in [-0.39, 0.29) is 17.7 Å². The molecule has 0 saturated carbocycles. The molecule has 0 radical (unpaired) electrons. The lowest BCUT2D eigenvalue weighted by Crippen LogP contribution is -2.11. The van der Waals surface area contributed by atoms with Crippen molar-refractivity contribution in [1.82, 2.24) is 4.57 Å². The minimum Gasteiger partial charge on any atom is -0.395 e. The van der Waals surface area contributed by atoms with Gasteiger partial charge in [0.15, 0.2) is 0 Å². The van der Waals surface area contributed by atoms with E-state index in [0.717, 1.165) is 0 Å². The van der Waals surface area contributed by atoms with Gasteiger partial charge in [-0.15, -0.1) is 0 Å². The topological polar surface area (TPSA) is 68.2 Å². The Balaban J connectivity index is 2.96. The first-order chi connectivity index (χ1) is 5.24. The maximum atomic E-state index is 10.8. The predicted octanol–water partition coefficient (Wildman–Crippen LogP) is -0.577. The number of aromatic nitrogens is 1. The first-order valence-corrected chi connectivity index (χ1v) is 3.30. The molecule has 1 heterocycles. The Morgan fingerprint density at radius 3 is 2.91 bits per heavy atom. The second-order valence-electron chi connectivity index (χ2n) is 2.23. The molecule has 3 N–H and O–H groups in total. The summed E-state index contributed by atoms with van der Waals surface area (Å²) in [5.74, 6) is 0. The lowest BCUT2D eigenvalue weighted by molar-refractivity contribution is 0.276. The van der Waals surface area contributed by atoms with Crippen LogP contribution in [0.5, 0.6) is 0 Å². The van der Waals surface area contributed by atoms with Crippen LogP contribution < -0.4 is 11.2 Å². The van der Waals surface area contributed by atoms with Crippen LogP contribution in [-0.2, 0) is 6.54 Å². The maximum Gasteiger partial charge on any atom is 0.204 e. The van der Waals surface area contributed by atoms with Gasteiger partial charge in [-0.3, -0.25) is 4.79 Å². The van der Waals surface area contributed by atoms with Crippen molar-refractivity contribution in [3.63, 3.8) is 0 Å². The molecule has 1 rings (SSSR count). The summed E-state index contributed by atoms with van der Waals surface area (Å²) in [6.07, 6.45) is 3.10. The van der Waals surface area contributed by atoms with E-state index in [9.17, 15) is 4.79 Å². The lowest BCUT2D eigenvalue weighted by atomic mass is 10.4. The van der Waals surface area contributed by atoms with Crippen molar-refractivity contribution < 1.29 is 5.11 Å². The molecule has 0 bridgehead atoms. The van der Waals surface area contributed by atoms with Crippen LogP contribution >= 0.6 is 0 Å². The summed E-state index contributed by atoms with van der Waals surface area (Å²) in [6.45, 7) is 0.507. The summed E-state index contributed by atoms with van der Waals surface area (Å²) in [7, 11) is 0. The van der Waals surface area contributed by atoms with Crippen LogP contribution in [0, 0.1) is 0 Å². The molecule has 1 aromatic rings. The average molecular weight is 154 g/mol. The Hall–Kier alpha value is -1.29. The van der Waals surface area contributed by atoms with Crippen LogP contribution in [0.2, 0.25) is 0 Å². The zero-order valence-electron chi connectivity index (χ0n) is 6.03. The Bertz CT molecular complexity index is 293. The van der Waals surface area contributed by atoms with E-state index in [0.29, 0.717) is 6.54 Å². The van der Waals surface area contributed by atoms with Crippen LogP contribution in [0.25, 0.3) is 0 Å². The number of hydrogen-bond donors (Lipinski definition) is 2. The van der Waals surface area contributed by atoms with Crippen molar-refractivity contribution in [3.05, 3.63) is 28.7 Å². The van der Waals surface area contributed by atoms with Crippen LogP contribution in [-0.4, -0.2) is 16.3 Å². The zero-order chi connectivity index (χ0) is 8.27. The van der Waals surface area contributed by atoms with Crippen LogP contribution in [0.15, 0.2) is 23.3 Å². The summed E-state index contributed by atoms with van der Waals surface area (Å²) in [6, 6.07) is 1.38. The molecule has 0 amide bonds. The van der Waals surface area contributed by atoms with Crippen molar-refractivity contribution in [2.75, 3.05) is 12.3 Å². The largest absolute Gasteiger partial charge is 0.395 e. The van der Waals surface area contributed by atoms with Gasteiger partial charge in [0.2, 0.25) is 5.43 Å². The van der Waals surface area contributed by atoms with E-state index in [4.69, 9.17) is 10.8 Å². The highest BCUT2D eigenvalue weighted by Crippen LogP contribution is 1.91. The normalized spacial score (nSPS) is 9.91. The Kier molecular flexibility index (Phi) is 2.28. The summed E-state index contributed by atoms with van der Waals surface area (Å²) < 4.78 is 1.66. The van der Waals surface area contributed by atoms with Gasteiger partial charge < -0.3 is 15.4 Å². The van der Waals surface area contributed by atoms with E-state index in [2.05, 4.69) is 0 Å². The molecule has 60 valence electrons. The second-order valence-corrected chi connectivity index (χ2v) is 2.23. The molecular formula is C7H10N2O2. The Morgan fingerprint density at radius 1 is 1.64 bits per heavy atom. The van der Waals surface area contributed by atoms with Crippen molar-refractivity contribution in [1.29, 1.82) is 0 Å². The smallest absolute Gasteiger partial charge is 0.204 e. The number of hydrogen-bond acceptors (Lipinski definition) is 3. The molecule has 11 heavy (non-hydrogen) atoms. The molecule has 0 aliphatic rings. The summed E-state index contributed by atoms with van der Waals surface area (Å²) >= 11 is 0. The van der Waals surface area contributed by atoms with E-state index in [1.54, 1.807) is 10.8 Å². The fourth-order valence-electron chi connectivity index (χ4n) is 0.800. The van der Waals surface area contributed by atoms with Crippen molar-refractivity contribution in [2.45, 2.75) is 6.54 Å². The summed E-state index contributed by atoms with van der Waals surface area (Å²) in [5, 5.41) is 8.54. The molecule has 0 aliphatic heterocycles. The summed E-state index contributed by atoms with van der Waals surface area (Å²) in [4.78, 5) is 10.8. The standard InChI is InChI=1S/C7H10N2O2/c8-6-5-9(3-4-10)2-1-7(6)11/h1-2,5,10H,3-4,8H2. The minimum atomic E-state index is -0.181. The monoisotopic (exact) mass is 154 g/mol. The molecule has 0 spiro atoms. The molecule has 0 aromatic carbocycles. The van der Waals surface area contributed by atoms with Crippen molar-refractivity contribution in [3.8, 4) is 0 Å². The molecule has 4 nitrogen and oxygen atoms in total. The SMILES string of the molecule is Nc1cn(CCO)ccc1=O. The fraction of sp³-hybridized carbons (Fsp3) is 0.286. The van der Waals surface area contributed by atoms with Gasteiger partial charge in [-0.1, -0.05) is 0 Å². The first-order valence-electron chi connectivity index (χ1n) is 3.30. The number of pyridine rings is 1. The number of anilines is 1. The van der Waals surface area contributed by atoms with Gasteiger partial charge in [0.1, 0.15) is 0 Å². The van der Waals surface area contributed by atoms with Gasteiger partial charge in [-0.2, -0.15) is 0 Å². The molecule has 0 unspecified atom stereocenters. The van der Waals surface area contributed by atoms with E-state index < -0.39 is 0 Å². The number of nitrogen functional groups attached to an aromatic ring is 1. The van der Waals surface area contributed by atoms with E-state index >= 15 is 0 Å². The molecule has 0 atom stereocenters. The highest BCUT2D eigenvalue weighted by Gasteiger charge is 1.92. The van der Waals surface area contributed by atoms with Crippen molar-refractivity contribution in [2.24, 2.45) is 0 Å². The number of nitrogens with two attached hydrogens (primary N) is 1. The van der Waals surface area contributed by atoms with Gasteiger partial charge in [0.05, 0.1) is 12.3 Å². The van der Waals surface area contributed by atoms with Crippen molar-refractivity contribution >= 4 is 5.69 Å². The third-order valence-electron chi connectivity index (χ3n) is 1.37. The highest BCUT2D eigenvalue weighted by atomic mass is 16.3. The van der Waals surface area contributed by atoms with Gasteiger partial charge in [-0.25, -0.2) is 0 Å². The van der Waals surface area contributed by atoms with Gasteiger partial charge in [-0.05, 0) is 0 Å². The first kappa shape index (κ1) is 7.81. The Labute approximate surface area is 63.9 Å². The van der Waals surface area contributed by atoms with E-state index in [1.807, 2.05) is 0 Å². The molecule has 0 fully saturated rings. The number of nitrogens with zero attached hydrogens (tertiary/aromatic N) is 1. The molecule has 0 saturated heterocycles. The van der Waals surface area contributed by atoms with Gasteiger partial charge >= 0.3 is 0 Å². The number of aliphatic hydroxyl groups is 1. The number of aliphatic hydroxyl groups excluding tert-OH is 1. The molecule has 1 aromatic heterocycles. The van der Waals surface area contributed by atoms with Crippen LogP contribution in [0.4, 0.5) is 5.69 Å². The van der Waals surface area contributed by atoms with Crippen LogP contribution in [0.1, 0.15) is 0 Å². The quantitative estimate of drug-likeness (QED) is 0.599. The van der Waals surface area contributed by atoms with Crippen LogP contribution in [0.3, 0.4) is 0 Å². The predicted molar refractivity (Wildman–Crippen MR) is 42.2 cm³/mol. The zero-order valence-corrected chi connectivity index (χ0v) is 6.03. The average Bonchev–Trinajstić information content (AvgIpc) is 1.98. The third kappa shape index (κ3) is 1.81. The van der Waals surface area contributed by atoms with E-state index in [1.165, 1.54) is 12.3 Å². The fourth-order valence-corrected chi connectivity index (χ4v) is 0.800. The molecule has 4 heteroatoms. The third-order valence-corrected chi connectivity index (χ3v) is 1.37. The second kappa shape index (κ2) is 3.21. The maximum absolute atomic E-state index is 10.8. The lowest BCUT2D eigenvalue weighted by Gasteiger charge is -2.02. The number of rotatable bonds is 2.